The van der Waals surface area contributed by atoms with Crippen molar-refractivity contribution in [1.29, 1.82) is 0 Å². The van der Waals surface area contributed by atoms with Crippen molar-refractivity contribution in [3.63, 3.8) is 0 Å². The molecule has 1 amide bonds. The number of aromatic amines is 1. The minimum absolute atomic E-state index is 0. The molecule has 0 saturated heterocycles. The van der Waals surface area contributed by atoms with Crippen LogP contribution in [0.5, 0.6) is 0 Å². The summed E-state index contributed by atoms with van der Waals surface area (Å²) in [5.74, 6) is -0.0117. The van der Waals surface area contributed by atoms with Crippen molar-refractivity contribution in [2.75, 3.05) is 6.54 Å². The molecule has 0 aliphatic carbocycles. The van der Waals surface area contributed by atoms with Crippen molar-refractivity contribution in [2.45, 2.75) is 25.8 Å². The molecule has 0 fully saturated rings. The number of aromatic nitrogens is 1. The topological polar surface area (TPSA) is 70.9 Å². The second kappa shape index (κ2) is 8.70. The van der Waals surface area contributed by atoms with Gasteiger partial charge in [0.05, 0.1) is 0 Å². The molecule has 1 heterocycles. The number of hydrogen-bond donors (Lipinski definition) is 3. The summed E-state index contributed by atoms with van der Waals surface area (Å²) < 4.78 is 0. The molecular weight excluding hydrogens is 334 g/mol. The summed E-state index contributed by atoms with van der Waals surface area (Å²) in [5.41, 5.74) is 10.7. The van der Waals surface area contributed by atoms with E-state index in [1.807, 2.05) is 36.5 Å². The van der Waals surface area contributed by atoms with E-state index in [0.717, 1.165) is 12.0 Å². The van der Waals surface area contributed by atoms with Gasteiger partial charge in [-0.2, -0.15) is 0 Å². The zero-order chi connectivity index (χ0) is 16.9. The number of H-pyrrole nitrogens is 1. The fourth-order valence-electron chi connectivity index (χ4n) is 3.00. The van der Waals surface area contributed by atoms with Gasteiger partial charge in [0, 0.05) is 36.1 Å². The molecule has 25 heavy (non-hydrogen) atoms. The first-order valence-electron chi connectivity index (χ1n) is 8.28. The maximum Gasteiger partial charge on any atom is 0.221 e. The smallest absolute Gasteiger partial charge is 0.221 e. The molecule has 132 valence electrons. The van der Waals surface area contributed by atoms with E-state index in [9.17, 15) is 4.79 Å². The second-order valence-electron chi connectivity index (χ2n) is 6.13. The molecule has 2 aromatic carbocycles. The number of para-hydroxylation sites is 1. The standard InChI is InChI=1S/C20H23N3O.ClH/c1-14-6-5-9-17-16(13-23-20(14)17)10-11-22-19(24)12-18(21)15-7-3-2-4-8-15;/h2-9,13,18,23H,10-12,21H2,1H3,(H,22,24);1H. The van der Waals surface area contributed by atoms with Gasteiger partial charge in [-0.1, -0.05) is 48.5 Å². The van der Waals surface area contributed by atoms with Crippen LogP contribution in [0.15, 0.2) is 54.7 Å². The molecule has 0 aliphatic heterocycles. The molecule has 3 rings (SSSR count). The minimum Gasteiger partial charge on any atom is -0.361 e. The molecule has 0 radical (unpaired) electrons. The Morgan fingerprint density at radius 2 is 1.92 bits per heavy atom. The Kier molecular flexibility index (Phi) is 6.62. The number of fused-ring (bicyclic) bond motifs is 1. The van der Waals surface area contributed by atoms with Crippen LogP contribution in [0.3, 0.4) is 0 Å². The number of nitrogens with one attached hydrogen (secondary N) is 2. The summed E-state index contributed by atoms with van der Waals surface area (Å²) >= 11 is 0. The van der Waals surface area contributed by atoms with Crippen molar-refractivity contribution < 1.29 is 4.79 Å². The summed E-state index contributed by atoms with van der Waals surface area (Å²) in [7, 11) is 0. The molecule has 1 atom stereocenters. The Hall–Kier alpha value is -2.30. The highest BCUT2D eigenvalue weighted by Gasteiger charge is 2.11. The van der Waals surface area contributed by atoms with Crippen LogP contribution in [0.1, 0.15) is 29.2 Å². The third-order valence-electron chi connectivity index (χ3n) is 4.36. The van der Waals surface area contributed by atoms with Crippen molar-refractivity contribution in [3.8, 4) is 0 Å². The van der Waals surface area contributed by atoms with Crippen LogP contribution in [-0.2, 0) is 11.2 Å². The quantitative estimate of drug-likeness (QED) is 0.630. The Morgan fingerprint density at radius 1 is 1.16 bits per heavy atom. The van der Waals surface area contributed by atoms with Crippen LogP contribution in [0.25, 0.3) is 10.9 Å². The van der Waals surface area contributed by atoms with Crippen LogP contribution in [0.2, 0.25) is 0 Å². The van der Waals surface area contributed by atoms with Crippen LogP contribution in [-0.4, -0.2) is 17.4 Å². The number of amides is 1. The van der Waals surface area contributed by atoms with Gasteiger partial charge in [-0.05, 0) is 30.0 Å². The first-order valence-corrected chi connectivity index (χ1v) is 8.28. The van der Waals surface area contributed by atoms with Gasteiger partial charge in [-0.3, -0.25) is 4.79 Å². The first-order chi connectivity index (χ1) is 11.6. The Morgan fingerprint density at radius 3 is 2.68 bits per heavy atom. The summed E-state index contributed by atoms with van der Waals surface area (Å²) in [6.07, 6.45) is 3.13. The normalized spacial score (nSPS) is 11.8. The molecule has 0 bridgehead atoms. The SMILES string of the molecule is Cc1cccc2c(CCNC(=O)CC(N)c3ccccc3)c[nH]c12.Cl. The number of carbonyl (C=O) groups is 1. The van der Waals surface area contributed by atoms with Gasteiger partial charge in [0.15, 0.2) is 0 Å². The monoisotopic (exact) mass is 357 g/mol. The molecule has 3 aromatic rings. The zero-order valence-electron chi connectivity index (χ0n) is 14.3. The predicted octanol–water partition coefficient (Wildman–Crippen LogP) is 3.65. The van der Waals surface area contributed by atoms with Gasteiger partial charge < -0.3 is 16.0 Å². The van der Waals surface area contributed by atoms with E-state index in [1.54, 1.807) is 0 Å². The van der Waals surface area contributed by atoms with Crippen molar-refractivity contribution in [1.82, 2.24) is 10.3 Å². The Labute approximate surface area is 154 Å². The van der Waals surface area contributed by atoms with E-state index < -0.39 is 0 Å². The lowest BCUT2D eigenvalue weighted by atomic mass is 10.0. The molecule has 5 heteroatoms. The fourth-order valence-corrected chi connectivity index (χ4v) is 3.00. The number of nitrogens with two attached hydrogens (primary N) is 1. The van der Waals surface area contributed by atoms with E-state index in [4.69, 9.17) is 5.73 Å². The van der Waals surface area contributed by atoms with Crippen LogP contribution in [0.4, 0.5) is 0 Å². The average molecular weight is 358 g/mol. The van der Waals surface area contributed by atoms with Gasteiger partial charge in [-0.15, -0.1) is 12.4 Å². The summed E-state index contributed by atoms with van der Waals surface area (Å²) in [6, 6.07) is 15.7. The predicted molar refractivity (Wildman–Crippen MR) is 105 cm³/mol. The number of carbonyl (C=O) groups excluding carboxylic acids is 1. The molecule has 0 saturated carbocycles. The van der Waals surface area contributed by atoms with E-state index >= 15 is 0 Å². The van der Waals surface area contributed by atoms with Crippen LogP contribution < -0.4 is 11.1 Å². The molecule has 0 aliphatic rings. The molecule has 1 aromatic heterocycles. The number of hydrogen-bond acceptors (Lipinski definition) is 2. The highest BCUT2D eigenvalue weighted by Crippen LogP contribution is 2.21. The zero-order valence-corrected chi connectivity index (χ0v) is 15.1. The lowest BCUT2D eigenvalue weighted by molar-refractivity contribution is -0.121. The molecule has 4 nitrogen and oxygen atoms in total. The fraction of sp³-hybridized carbons (Fsp3) is 0.250. The van der Waals surface area contributed by atoms with Crippen molar-refractivity contribution in [3.05, 3.63) is 71.4 Å². The van der Waals surface area contributed by atoms with E-state index in [2.05, 4.69) is 35.4 Å². The summed E-state index contributed by atoms with van der Waals surface area (Å²) in [5, 5.41) is 4.20. The number of halogens is 1. The van der Waals surface area contributed by atoms with Crippen molar-refractivity contribution in [2.24, 2.45) is 5.73 Å². The third-order valence-corrected chi connectivity index (χ3v) is 4.36. The van der Waals surface area contributed by atoms with Gasteiger partial charge >= 0.3 is 0 Å². The molecule has 4 N–H and O–H groups in total. The number of aryl methyl sites for hydroxylation is 1. The highest BCUT2D eigenvalue weighted by molar-refractivity contribution is 5.86. The second-order valence-corrected chi connectivity index (χ2v) is 6.13. The van der Waals surface area contributed by atoms with Crippen LogP contribution in [0, 0.1) is 6.92 Å². The van der Waals surface area contributed by atoms with Crippen LogP contribution >= 0.6 is 12.4 Å². The summed E-state index contributed by atoms with van der Waals surface area (Å²) in [6.45, 7) is 2.70. The van der Waals surface area contributed by atoms with Gasteiger partial charge in [-0.25, -0.2) is 0 Å². The van der Waals surface area contributed by atoms with E-state index in [0.29, 0.717) is 13.0 Å². The number of rotatable bonds is 6. The van der Waals surface area contributed by atoms with Gasteiger partial charge in [0.25, 0.3) is 0 Å². The molecule has 1 unspecified atom stereocenters. The summed E-state index contributed by atoms with van der Waals surface area (Å²) in [4.78, 5) is 15.4. The number of benzene rings is 2. The lowest BCUT2D eigenvalue weighted by Crippen LogP contribution is -2.29. The molecular formula is C20H24ClN3O. The average Bonchev–Trinajstić information content (AvgIpc) is 3.00. The highest BCUT2D eigenvalue weighted by atomic mass is 35.5. The maximum atomic E-state index is 12.1. The maximum absolute atomic E-state index is 12.1. The lowest BCUT2D eigenvalue weighted by Gasteiger charge is -2.12. The Balaban J connectivity index is 0.00000225. The Bertz CT molecular complexity index is 829. The first kappa shape index (κ1) is 19.0. The van der Waals surface area contributed by atoms with E-state index in [1.165, 1.54) is 22.0 Å². The van der Waals surface area contributed by atoms with Crippen molar-refractivity contribution >= 4 is 29.2 Å². The van der Waals surface area contributed by atoms with Gasteiger partial charge in [0.1, 0.15) is 0 Å². The largest absolute Gasteiger partial charge is 0.361 e. The van der Waals surface area contributed by atoms with E-state index in [-0.39, 0.29) is 24.4 Å². The third kappa shape index (κ3) is 4.62. The van der Waals surface area contributed by atoms with Gasteiger partial charge in [0.2, 0.25) is 5.91 Å². The molecule has 0 spiro atoms. The minimum atomic E-state index is -0.262.